The number of nitrogens with zero attached hydrogens (tertiary/aromatic N) is 1. The summed E-state index contributed by atoms with van der Waals surface area (Å²) in [5.41, 5.74) is 0. The van der Waals surface area contributed by atoms with Crippen LogP contribution in [0.1, 0.15) is 224 Å². The van der Waals surface area contributed by atoms with Crippen LogP contribution in [-0.2, 0) is 23.9 Å². The summed E-state index contributed by atoms with van der Waals surface area (Å²) in [5.74, 6) is 4.00. The fraction of sp³-hybridized carbons (Fsp3) is 0.939. The topological polar surface area (TPSA) is 72.9 Å². The standard InChI is InChI=1S/C49H95NO5/c1-12-50(43(10)11)36-35-47(51)44(27-23-19-15-13-17-21-25-29-48(52)54-37-45(41(6)7)33-31-39(2)3)28-24-20-16-14-18-22-26-30-49(53)55-38-46(42(8)9)34-32-40(4)5/h39-46H,12-38H2,1-11H3. The van der Waals surface area contributed by atoms with Crippen LogP contribution in [0.2, 0.25) is 0 Å². The summed E-state index contributed by atoms with van der Waals surface area (Å²) in [6.45, 7) is 27.6. The van der Waals surface area contributed by atoms with E-state index in [1.54, 1.807) is 0 Å². The van der Waals surface area contributed by atoms with Gasteiger partial charge in [0, 0.05) is 37.8 Å². The van der Waals surface area contributed by atoms with Gasteiger partial charge in [0.05, 0.1) is 13.2 Å². The van der Waals surface area contributed by atoms with Crippen molar-refractivity contribution in [1.29, 1.82) is 0 Å². The minimum absolute atomic E-state index is 0.0294. The van der Waals surface area contributed by atoms with E-state index in [4.69, 9.17) is 9.47 Å². The molecule has 326 valence electrons. The van der Waals surface area contributed by atoms with Gasteiger partial charge in [-0.05, 0) is 94.4 Å². The Morgan fingerprint density at radius 2 is 0.818 bits per heavy atom. The van der Waals surface area contributed by atoms with Crippen LogP contribution < -0.4 is 0 Å². The van der Waals surface area contributed by atoms with Crippen LogP contribution in [0.25, 0.3) is 0 Å². The van der Waals surface area contributed by atoms with E-state index < -0.39 is 0 Å². The third kappa shape index (κ3) is 31.3. The molecule has 0 saturated heterocycles. The molecule has 6 nitrogen and oxygen atoms in total. The molecule has 0 aliphatic carbocycles. The average Bonchev–Trinajstić information content (AvgIpc) is 3.11. The number of rotatable bonds is 38. The van der Waals surface area contributed by atoms with E-state index in [9.17, 15) is 14.4 Å². The maximum atomic E-state index is 13.4. The van der Waals surface area contributed by atoms with Crippen LogP contribution >= 0.6 is 0 Å². The number of carbonyl (C=O) groups is 3. The Kier molecular flexibility index (Phi) is 33.7. The average molecular weight is 778 g/mol. The minimum atomic E-state index is -0.0294. The van der Waals surface area contributed by atoms with Crippen molar-refractivity contribution in [1.82, 2.24) is 4.90 Å². The number of esters is 2. The SMILES string of the molecule is CCN(CCC(=O)C(CCCCCCCCCC(=O)OCC(CCC(C)C)C(C)C)CCCCCCCCCC(=O)OCC(CCC(C)C)C(C)C)C(C)C. The van der Waals surface area contributed by atoms with Crippen LogP contribution in [0.3, 0.4) is 0 Å². The van der Waals surface area contributed by atoms with Crippen LogP contribution in [0.15, 0.2) is 0 Å². The second-order valence-electron chi connectivity index (χ2n) is 19.0. The number of hydrogen-bond donors (Lipinski definition) is 0. The summed E-state index contributed by atoms with van der Waals surface area (Å²) in [5, 5.41) is 0. The van der Waals surface area contributed by atoms with Crippen molar-refractivity contribution in [3.05, 3.63) is 0 Å². The van der Waals surface area contributed by atoms with Crippen molar-refractivity contribution in [3.63, 3.8) is 0 Å². The highest BCUT2D eigenvalue weighted by Crippen LogP contribution is 2.24. The van der Waals surface area contributed by atoms with Crippen molar-refractivity contribution in [2.75, 3.05) is 26.3 Å². The zero-order chi connectivity index (χ0) is 41.4. The molecule has 2 unspecified atom stereocenters. The first-order valence-electron chi connectivity index (χ1n) is 23.8. The van der Waals surface area contributed by atoms with Gasteiger partial charge in [0.15, 0.2) is 0 Å². The third-order valence-corrected chi connectivity index (χ3v) is 12.1. The Labute approximate surface area is 343 Å². The van der Waals surface area contributed by atoms with Gasteiger partial charge in [-0.2, -0.15) is 0 Å². The van der Waals surface area contributed by atoms with E-state index >= 15 is 0 Å². The number of ether oxygens (including phenoxy) is 2. The summed E-state index contributed by atoms with van der Waals surface area (Å²) in [7, 11) is 0. The van der Waals surface area contributed by atoms with Crippen LogP contribution in [0.4, 0.5) is 0 Å². The molecule has 0 spiro atoms. The summed E-state index contributed by atoms with van der Waals surface area (Å²) >= 11 is 0. The summed E-state index contributed by atoms with van der Waals surface area (Å²) in [6.07, 6.45) is 24.3. The molecular formula is C49H95NO5. The molecule has 0 bridgehead atoms. The molecule has 0 N–H and O–H groups in total. The van der Waals surface area contributed by atoms with Gasteiger partial charge < -0.3 is 14.4 Å². The van der Waals surface area contributed by atoms with Gasteiger partial charge in [-0.25, -0.2) is 0 Å². The first-order valence-corrected chi connectivity index (χ1v) is 23.8. The van der Waals surface area contributed by atoms with Crippen molar-refractivity contribution < 1.29 is 23.9 Å². The quantitative estimate of drug-likeness (QED) is 0.0459. The fourth-order valence-electron chi connectivity index (χ4n) is 7.65. The normalized spacial score (nSPS) is 13.8. The van der Waals surface area contributed by atoms with Crippen LogP contribution in [-0.4, -0.2) is 55.0 Å². The second-order valence-corrected chi connectivity index (χ2v) is 19.0. The van der Waals surface area contributed by atoms with Crippen LogP contribution in [0, 0.1) is 41.4 Å². The van der Waals surface area contributed by atoms with Gasteiger partial charge in [0.25, 0.3) is 0 Å². The molecule has 0 rings (SSSR count). The number of Topliss-reactive ketones (excluding diaryl/α,β-unsaturated/α-hetero) is 1. The van der Waals surface area contributed by atoms with Gasteiger partial charge >= 0.3 is 11.9 Å². The highest BCUT2D eigenvalue weighted by atomic mass is 16.5. The Morgan fingerprint density at radius 1 is 0.455 bits per heavy atom. The molecule has 0 aliphatic rings. The molecule has 0 aliphatic heterocycles. The molecule has 0 radical (unpaired) electrons. The monoisotopic (exact) mass is 778 g/mol. The molecular weight excluding hydrogens is 683 g/mol. The molecule has 2 atom stereocenters. The Hall–Kier alpha value is -1.43. The Morgan fingerprint density at radius 3 is 1.15 bits per heavy atom. The maximum absolute atomic E-state index is 13.4. The van der Waals surface area contributed by atoms with E-state index in [1.165, 1.54) is 64.2 Å². The van der Waals surface area contributed by atoms with Crippen LogP contribution in [0.5, 0.6) is 0 Å². The highest BCUT2D eigenvalue weighted by molar-refractivity contribution is 5.81. The lowest BCUT2D eigenvalue weighted by atomic mass is 9.89. The van der Waals surface area contributed by atoms with Crippen molar-refractivity contribution in [3.8, 4) is 0 Å². The zero-order valence-electron chi connectivity index (χ0n) is 38.7. The molecule has 0 heterocycles. The smallest absolute Gasteiger partial charge is 0.305 e. The van der Waals surface area contributed by atoms with E-state index in [0.29, 0.717) is 79.8 Å². The van der Waals surface area contributed by atoms with E-state index in [0.717, 1.165) is 77.3 Å². The molecule has 0 saturated carbocycles. The van der Waals surface area contributed by atoms with Crippen molar-refractivity contribution in [2.45, 2.75) is 230 Å². The zero-order valence-corrected chi connectivity index (χ0v) is 38.7. The number of ketones is 1. The molecule has 0 fully saturated rings. The molecule has 6 heteroatoms. The third-order valence-electron chi connectivity index (χ3n) is 12.1. The molecule has 0 aromatic rings. The fourth-order valence-corrected chi connectivity index (χ4v) is 7.65. The lowest BCUT2D eigenvalue weighted by molar-refractivity contribution is -0.146. The van der Waals surface area contributed by atoms with E-state index in [-0.39, 0.29) is 17.9 Å². The second kappa shape index (κ2) is 34.6. The number of unbranched alkanes of at least 4 members (excludes halogenated alkanes) is 12. The number of carbonyl (C=O) groups excluding carboxylic acids is 3. The molecule has 55 heavy (non-hydrogen) atoms. The minimum Gasteiger partial charge on any atom is -0.465 e. The summed E-state index contributed by atoms with van der Waals surface area (Å²) < 4.78 is 11.3. The van der Waals surface area contributed by atoms with Gasteiger partial charge in [-0.15, -0.1) is 0 Å². The summed E-state index contributed by atoms with van der Waals surface area (Å²) in [6, 6.07) is 0.473. The largest absolute Gasteiger partial charge is 0.465 e. The first kappa shape index (κ1) is 53.6. The predicted octanol–water partition coefficient (Wildman–Crippen LogP) is 13.8. The number of hydrogen-bond acceptors (Lipinski definition) is 6. The lowest BCUT2D eigenvalue weighted by Crippen LogP contribution is -2.33. The highest BCUT2D eigenvalue weighted by Gasteiger charge is 2.20. The Bertz CT molecular complexity index is 870. The molecule has 0 amide bonds. The summed E-state index contributed by atoms with van der Waals surface area (Å²) in [4.78, 5) is 40.5. The first-order chi connectivity index (χ1) is 26.2. The van der Waals surface area contributed by atoms with Crippen molar-refractivity contribution in [2.24, 2.45) is 41.4 Å². The van der Waals surface area contributed by atoms with Gasteiger partial charge in [0.1, 0.15) is 5.78 Å². The van der Waals surface area contributed by atoms with Gasteiger partial charge in [-0.1, -0.05) is 152 Å². The molecule has 0 aromatic carbocycles. The van der Waals surface area contributed by atoms with Gasteiger partial charge in [-0.3, -0.25) is 14.4 Å². The van der Waals surface area contributed by atoms with E-state index in [1.807, 2.05) is 0 Å². The maximum Gasteiger partial charge on any atom is 0.305 e. The Balaban J connectivity index is 4.35. The van der Waals surface area contributed by atoms with Crippen molar-refractivity contribution >= 4 is 17.7 Å². The van der Waals surface area contributed by atoms with Gasteiger partial charge in [0.2, 0.25) is 0 Å². The van der Waals surface area contributed by atoms with E-state index in [2.05, 4.69) is 81.1 Å². The molecule has 0 aromatic heterocycles. The lowest BCUT2D eigenvalue weighted by Gasteiger charge is -2.25. The predicted molar refractivity (Wildman–Crippen MR) is 235 cm³/mol.